The van der Waals surface area contributed by atoms with E-state index in [1.165, 1.54) is 0 Å². The van der Waals surface area contributed by atoms with E-state index in [2.05, 4.69) is 31.7 Å². The Kier molecular flexibility index (Phi) is 8.73. The molecule has 0 aliphatic heterocycles. The minimum Gasteiger partial charge on any atom is -0.508 e. The topological polar surface area (TPSA) is 60.7 Å². The summed E-state index contributed by atoms with van der Waals surface area (Å²) in [6, 6.07) is 17.2. The number of rotatable bonds is 10. The maximum Gasteiger partial charge on any atom is 0.115 e. The van der Waals surface area contributed by atoms with Crippen LogP contribution in [-0.4, -0.2) is 28.0 Å². The number of aliphatic hydroxyl groups is 2. The zero-order valence-electron chi connectivity index (χ0n) is 16.5. The van der Waals surface area contributed by atoms with E-state index < -0.39 is 6.10 Å². The monoisotopic (exact) mass is 378 g/mol. The number of allylic oxidation sites excluding steroid dienone is 1. The normalized spacial score (nSPS) is 13.4. The molecule has 0 heterocycles. The van der Waals surface area contributed by atoms with Crippen LogP contribution in [0.1, 0.15) is 43.7 Å². The molecule has 2 aromatic rings. The van der Waals surface area contributed by atoms with Gasteiger partial charge in [0.25, 0.3) is 0 Å². The first kappa shape index (κ1) is 21.7. The van der Waals surface area contributed by atoms with Crippen molar-refractivity contribution >= 4 is 11.6 Å². The zero-order chi connectivity index (χ0) is 20.4. The molecule has 0 aliphatic carbocycles. The molecule has 0 radical (unpaired) electrons. The van der Waals surface area contributed by atoms with Gasteiger partial charge in [0, 0.05) is 0 Å². The summed E-state index contributed by atoms with van der Waals surface area (Å²) in [5, 5.41) is 29.6. The SMILES string of the molecule is C=C(CCC)/C(=C/CO)C(O)CC/C(=C/c1ccc(O)cc1)c1ccccc1. The average Bonchev–Trinajstić information content (AvgIpc) is 2.71. The highest BCUT2D eigenvalue weighted by Gasteiger charge is 2.15. The summed E-state index contributed by atoms with van der Waals surface area (Å²) in [5.74, 6) is 0.238. The van der Waals surface area contributed by atoms with Gasteiger partial charge in [-0.25, -0.2) is 0 Å². The van der Waals surface area contributed by atoms with E-state index in [4.69, 9.17) is 0 Å². The predicted molar refractivity (Wildman–Crippen MR) is 117 cm³/mol. The molecule has 0 saturated heterocycles. The zero-order valence-corrected chi connectivity index (χ0v) is 16.5. The van der Waals surface area contributed by atoms with E-state index in [1.54, 1.807) is 18.2 Å². The van der Waals surface area contributed by atoms with Crippen LogP contribution >= 0.6 is 0 Å². The van der Waals surface area contributed by atoms with Gasteiger partial charge in [0.2, 0.25) is 0 Å². The predicted octanol–water partition coefficient (Wildman–Crippen LogP) is 5.35. The molecule has 0 aliphatic rings. The Morgan fingerprint density at radius 2 is 1.71 bits per heavy atom. The summed E-state index contributed by atoms with van der Waals surface area (Å²) in [4.78, 5) is 0. The molecule has 0 aromatic heterocycles. The van der Waals surface area contributed by atoms with Crippen molar-refractivity contribution in [3.8, 4) is 5.75 Å². The van der Waals surface area contributed by atoms with Crippen LogP contribution in [0.5, 0.6) is 5.75 Å². The molecule has 0 bridgehead atoms. The number of phenolic OH excluding ortho intramolecular Hbond substituents is 1. The van der Waals surface area contributed by atoms with Crippen molar-refractivity contribution in [1.82, 2.24) is 0 Å². The van der Waals surface area contributed by atoms with E-state index in [-0.39, 0.29) is 12.4 Å². The van der Waals surface area contributed by atoms with E-state index >= 15 is 0 Å². The fraction of sp³-hybridized carbons (Fsp3) is 0.280. The highest BCUT2D eigenvalue weighted by Crippen LogP contribution is 2.27. The van der Waals surface area contributed by atoms with Crippen LogP contribution in [0.15, 0.2) is 78.4 Å². The van der Waals surface area contributed by atoms with Crippen molar-refractivity contribution in [1.29, 1.82) is 0 Å². The maximum atomic E-state index is 10.7. The number of hydrogen-bond donors (Lipinski definition) is 3. The van der Waals surface area contributed by atoms with Crippen molar-refractivity contribution in [2.45, 2.75) is 38.7 Å². The second kappa shape index (κ2) is 11.3. The van der Waals surface area contributed by atoms with Crippen LogP contribution in [0.3, 0.4) is 0 Å². The molecule has 0 amide bonds. The minimum absolute atomic E-state index is 0.107. The van der Waals surface area contributed by atoms with E-state index in [0.717, 1.165) is 40.7 Å². The Morgan fingerprint density at radius 3 is 2.32 bits per heavy atom. The summed E-state index contributed by atoms with van der Waals surface area (Å²) in [7, 11) is 0. The highest BCUT2D eigenvalue weighted by atomic mass is 16.3. The van der Waals surface area contributed by atoms with Crippen LogP contribution < -0.4 is 0 Å². The number of hydrogen-bond acceptors (Lipinski definition) is 3. The molecule has 0 saturated carbocycles. The molecular weight excluding hydrogens is 348 g/mol. The van der Waals surface area contributed by atoms with Gasteiger partial charge in [-0.3, -0.25) is 0 Å². The van der Waals surface area contributed by atoms with Crippen molar-refractivity contribution in [2.24, 2.45) is 0 Å². The summed E-state index contributed by atoms with van der Waals surface area (Å²) in [5.41, 5.74) is 4.82. The summed E-state index contributed by atoms with van der Waals surface area (Å²) >= 11 is 0. The van der Waals surface area contributed by atoms with Gasteiger partial charge < -0.3 is 15.3 Å². The second-order valence-electron chi connectivity index (χ2n) is 6.88. The van der Waals surface area contributed by atoms with Crippen LogP contribution in [0.2, 0.25) is 0 Å². The summed E-state index contributed by atoms with van der Waals surface area (Å²) in [6.07, 6.45) is 6.04. The maximum absolute atomic E-state index is 10.7. The van der Waals surface area contributed by atoms with Crippen molar-refractivity contribution in [3.05, 3.63) is 89.5 Å². The van der Waals surface area contributed by atoms with Crippen molar-refractivity contribution in [2.75, 3.05) is 6.61 Å². The van der Waals surface area contributed by atoms with Crippen molar-refractivity contribution in [3.63, 3.8) is 0 Å². The van der Waals surface area contributed by atoms with Gasteiger partial charge in [0.1, 0.15) is 5.75 Å². The smallest absolute Gasteiger partial charge is 0.115 e. The molecule has 148 valence electrons. The van der Waals surface area contributed by atoms with E-state index in [0.29, 0.717) is 12.8 Å². The second-order valence-corrected chi connectivity index (χ2v) is 6.88. The van der Waals surface area contributed by atoms with Crippen LogP contribution in [0.4, 0.5) is 0 Å². The Morgan fingerprint density at radius 1 is 1.04 bits per heavy atom. The largest absolute Gasteiger partial charge is 0.508 e. The average molecular weight is 379 g/mol. The van der Waals surface area contributed by atoms with Gasteiger partial charge in [0.15, 0.2) is 0 Å². The van der Waals surface area contributed by atoms with Crippen LogP contribution in [-0.2, 0) is 0 Å². The molecule has 1 atom stereocenters. The Labute approximate surface area is 168 Å². The van der Waals surface area contributed by atoms with Gasteiger partial charge >= 0.3 is 0 Å². The standard InChI is InChI=1S/C25H30O3/c1-3-7-19(2)24(16-17-26)25(28)15-12-22(21-8-5-4-6-9-21)18-20-10-13-23(27)14-11-20/h4-6,8-11,13-14,16,18,25-28H,2-3,7,12,15,17H2,1H3/b22-18-,24-16-. The van der Waals surface area contributed by atoms with E-state index in [1.807, 2.05) is 30.3 Å². The van der Waals surface area contributed by atoms with Gasteiger partial charge in [-0.05, 0) is 59.2 Å². The number of aliphatic hydroxyl groups excluding tert-OH is 2. The van der Waals surface area contributed by atoms with Gasteiger partial charge in [0.05, 0.1) is 12.7 Å². The summed E-state index contributed by atoms with van der Waals surface area (Å²) < 4.78 is 0. The minimum atomic E-state index is -0.668. The quantitative estimate of drug-likeness (QED) is 0.386. The molecule has 3 N–H and O–H groups in total. The van der Waals surface area contributed by atoms with Crippen LogP contribution in [0.25, 0.3) is 11.6 Å². The third-order valence-electron chi connectivity index (χ3n) is 4.70. The molecule has 0 spiro atoms. The fourth-order valence-corrected chi connectivity index (χ4v) is 3.23. The molecule has 3 heteroatoms. The van der Waals surface area contributed by atoms with Gasteiger partial charge in [-0.2, -0.15) is 0 Å². The molecule has 28 heavy (non-hydrogen) atoms. The lowest BCUT2D eigenvalue weighted by Gasteiger charge is -2.18. The molecular formula is C25H30O3. The third-order valence-corrected chi connectivity index (χ3v) is 4.70. The fourth-order valence-electron chi connectivity index (χ4n) is 3.23. The molecule has 0 fully saturated rings. The molecule has 2 aromatic carbocycles. The Bertz CT molecular complexity index is 801. The summed E-state index contributed by atoms with van der Waals surface area (Å²) in [6.45, 7) is 6.03. The van der Waals surface area contributed by atoms with Crippen molar-refractivity contribution < 1.29 is 15.3 Å². The lowest BCUT2D eigenvalue weighted by Crippen LogP contribution is -2.13. The van der Waals surface area contributed by atoms with E-state index in [9.17, 15) is 15.3 Å². The third kappa shape index (κ3) is 6.52. The Balaban J connectivity index is 2.22. The number of aromatic hydroxyl groups is 1. The molecule has 1 unspecified atom stereocenters. The Hall–Kier alpha value is -2.62. The first-order chi connectivity index (χ1) is 13.5. The number of benzene rings is 2. The first-order valence-corrected chi connectivity index (χ1v) is 9.77. The lowest BCUT2D eigenvalue weighted by atomic mass is 9.91. The lowest BCUT2D eigenvalue weighted by molar-refractivity contribution is 0.202. The molecule has 2 rings (SSSR count). The van der Waals surface area contributed by atoms with Gasteiger partial charge in [-0.1, -0.05) is 74.5 Å². The highest BCUT2D eigenvalue weighted by molar-refractivity contribution is 5.81. The number of phenols is 1. The molecule has 3 nitrogen and oxygen atoms in total. The first-order valence-electron chi connectivity index (χ1n) is 9.77. The van der Waals surface area contributed by atoms with Gasteiger partial charge in [-0.15, -0.1) is 0 Å². The van der Waals surface area contributed by atoms with Crippen LogP contribution in [0, 0.1) is 0 Å².